The molecule has 0 saturated carbocycles. The van der Waals surface area contributed by atoms with E-state index in [1.54, 1.807) is 43.3 Å². The van der Waals surface area contributed by atoms with E-state index in [4.69, 9.17) is 16.3 Å². The van der Waals surface area contributed by atoms with Gasteiger partial charge in [-0.05, 0) is 37.3 Å². The Kier molecular flexibility index (Phi) is 7.02. The van der Waals surface area contributed by atoms with Crippen molar-refractivity contribution in [3.05, 3.63) is 59.6 Å². The van der Waals surface area contributed by atoms with Crippen molar-refractivity contribution in [2.24, 2.45) is 0 Å². The van der Waals surface area contributed by atoms with Gasteiger partial charge in [0.2, 0.25) is 5.91 Å². The number of nitrogens with one attached hydrogen (secondary N) is 1. The lowest BCUT2D eigenvalue weighted by Gasteiger charge is -2.25. The maximum atomic E-state index is 13.1. The molecule has 8 heteroatoms. The number of benzene rings is 2. The third-order valence-corrected chi connectivity index (χ3v) is 5.56. The van der Waals surface area contributed by atoms with E-state index < -0.39 is 15.9 Å². The minimum Gasteiger partial charge on any atom is -0.383 e. The minimum absolute atomic E-state index is 0.0951. The highest BCUT2D eigenvalue weighted by Gasteiger charge is 2.27. The molecule has 2 rings (SSSR count). The SMILES string of the molecule is COC[C@H](C)NC(=O)CN(c1cccc(Cl)c1)S(=O)(=O)c1ccccc1. The zero-order valence-electron chi connectivity index (χ0n) is 14.6. The smallest absolute Gasteiger partial charge is 0.264 e. The van der Waals surface area contributed by atoms with Gasteiger partial charge in [-0.15, -0.1) is 0 Å². The molecule has 0 aromatic heterocycles. The molecule has 2 aromatic rings. The standard InChI is InChI=1S/C18H21ClN2O4S/c1-14(13-25-2)20-18(22)12-21(16-8-6-7-15(19)11-16)26(23,24)17-9-4-3-5-10-17/h3-11,14H,12-13H2,1-2H3,(H,20,22)/t14-/m0/s1. The summed E-state index contributed by atoms with van der Waals surface area (Å²) >= 11 is 6.01. The Balaban J connectivity index is 2.36. The topological polar surface area (TPSA) is 75.7 Å². The fraction of sp³-hybridized carbons (Fsp3) is 0.278. The first-order valence-corrected chi connectivity index (χ1v) is 9.78. The quantitative estimate of drug-likeness (QED) is 0.744. The number of sulfonamides is 1. The van der Waals surface area contributed by atoms with Gasteiger partial charge in [0.1, 0.15) is 6.54 Å². The van der Waals surface area contributed by atoms with Crippen molar-refractivity contribution in [2.45, 2.75) is 17.9 Å². The summed E-state index contributed by atoms with van der Waals surface area (Å²) in [6, 6.07) is 14.1. The van der Waals surface area contributed by atoms with Crippen LogP contribution in [0.3, 0.4) is 0 Å². The van der Waals surface area contributed by atoms with E-state index in [2.05, 4.69) is 5.32 Å². The predicted octanol–water partition coefficient (Wildman–Crippen LogP) is 2.69. The molecule has 6 nitrogen and oxygen atoms in total. The van der Waals surface area contributed by atoms with Crippen molar-refractivity contribution in [3.8, 4) is 0 Å². The van der Waals surface area contributed by atoms with Crippen molar-refractivity contribution in [2.75, 3.05) is 24.6 Å². The third-order valence-electron chi connectivity index (χ3n) is 3.54. The Morgan fingerprint density at radius 1 is 1.19 bits per heavy atom. The number of carbonyl (C=O) groups is 1. The highest BCUT2D eigenvalue weighted by atomic mass is 35.5. The van der Waals surface area contributed by atoms with Gasteiger partial charge in [0.25, 0.3) is 10.0 Å². The lowest BCUT2D eigenvalue weighted by molar-refractivity contribution is -0.120. The van der Waals surface area contributed by atoms with Crippen LogP contribution in [0.2, 0.25) is 5.02 Å². The van der Waals surface area contributed by atoms with Crippen LogP contribution >= 0.6 is 11.6 Å². The van der Waals surface area contributed by atoms with Gasteiger partial charge in [-0.1, -0.05) is 35.9 Å². The van der Waals surface area contributed by atoms with E-state index in [9.17, 15) is 13.2 Å². The van der Waals surface area contributed by atoms with Crippen LogP contribution in [0.1, 0.15) is 6.92 Å². The molecule has 0 radical (unpaired) electrons. The Morgan fingerprint density at radius 2 is 1.88 bits per heavy atom. The van der Waals surface area contributed by atoms with E-state index in [1.165, 1.54) is 25.3 Å². The summed E-state index contributed by atoms with van der Waals surface area (Å²) in [5, 5.41) is 3.09. The van der Waals surface area contributed by atoms with Crippen LogP contribution in [0.15, 0.2) is 59.5 Å². The molecule has 0 aliphatic heterocycles. The molecule has 0 spiro atoms. The van der Waals surface area contributed by atoms with Gasteiger partial charge in [-0.2, -0.15) is 0 Å². The zero-order chi connectivity index (χ0) is 19.2. The van der Waals surface area contributed by atoms with Crippen LogP contribution in [0, 0.1) is 0 Å². The average Bonchev–Trinajstić information content (AvgIpc) is 2.60. The Labute approximate surface area is 158 Å². The van der Waals surface area contributed by atoms with Crippen LogP contribution < -0.4 is 9.62 Å². The summed E-state index contributed by atoms with van der Waals surface area (Å²) in [6.07, 6.45) is 0. The van der Waals surface area contributed by atoms with E-state index in [-0.39, 0.29) is 17.5 Å². The first-order valence-electron chi connectivity index (χ1n) is 7.96. The maximum absolute atomic E-state index is 13.1. The van der Waals surface area contributed by atoms with Crippen molar-refractivity contribution in [1.29, 1.82) is 0 Å². The highest BCUT2D eigenvalue weighted by molar-refractivity contribution is 7.92. The first-order chi connectivity index (χ1) is 12.3. The van der Waals surface area contributed by atoms with Gasteiger partial charge >= 0.3 is 0 Å². The number of hydrogen-bond acceptors (Lipinski definition) is 4. The van der Waals surface area contributed by atoms with E-state index in [0.29, 0.717) is 17.3 Å². The number of halogens is 1. The van der Waals surface area contributed by atoms with E-state index in [0.717, 1.165) is 4.31 Å². The summed E-state index contributed by atoms with van der Waals surface area (Å²) < 4.78 is 32.2. The Bertz CT molecular complexity index is 843. The molecule has 0 unspecified atom stereocenters. The fourth-order valence-electron chi connectivity index (χ4n) is 2.41. The number of carbonyl (C=O) groups excluding carboxylic acids is 1. The molecule has 0 aliphatic carbocycles. The summed E-state index contributed by atoms with van der Waals surface area (Å²) in [7, 11) is -2.40. The van der Waals surface area contributed by atoms with E-state index in [1.807, 2.05) is 0 Å². The minimum atomic E-state index is -3.93. The lowest BCUT2D eigenvalue weighted by atomic mass is 10.3. The van der Waals surface area contributed by atoms with Gasteiger partial charge < -0.3 is 10.1 Å². The zero-order valence-corrected chi connectivity index (χ0v) is 16.1. The molecule has 1 N–H and O–H groups in total. The number of hydrogen-bond donors (Lipinski definition) is 1. The second-order valence-corrected chi connectivity index (χ2v) is 8.03. The van der Waals surface area contributed by atoms with Gasteiger partial charge in [-0.3, -0.25) is 9.10 Å². The highest BCUT2D eigenvalue weighted by Crippen LogP contribution is 2.25. The second kappa shape index (κ2) is 9.02. The summed E-state index contributed by atoms with van der Waals surface area (Å²) in [6.45, 7) is 1.73. The van der Waals surface area contributed by atoms with Gasteiger partial charge in [0, 0.05) is 18.2 Å². The monoisotopic (exact) mass is 396 g/mol. The van der Waals surface area contributed by atoms with Crippen molar-refractivity contribution in [1.82, 2.24) is 5.32 Å². The Hall–Kier alpha value is -2.09. The van der Waals surface area contributed by atoms with Crippen LogP contribution in [-0.4, -0.2) is 40.6 Å². The normalized spacial score (nSPS) is 12.4. The first kappa shape index (κ1) is 20.2. The summed E-state index contributed by atoms with van der Waals surface area (Å²) in [5.41, 5.74) is 0.316. The third kappa shape index (κ3) is 5.20. The molecular weight excluding hydrogens is 376 g/mol. The molecule has 2 aromatic carbocycles. The molecule has 0 bridgehead atoms. The molecule has 26 heavy (non-hydrogen) atoms. The number of methoxy groups -OCH3 is 1. The van der Waals surface area contributed by atoms with Crippen molar-refractivity contribution < 1.29 is 17.9 Å². The number of ether oxygens (including phenoxy) is 1. The number of anilines is 1. The maximum Gasteiger partial charge on any atom is 0.264 e. The van der Waals surface area contributed by atoms with Crippen molar-refractivity contribution in [3.63, 3.8) is 0 Å². The van der Waals surface area contributed by atoms with Crippen molar-refractivity contribution >= 4 is 33.2 Å². The van der Waals surface area contributed by atoms with E-state index >= 15 is 0 Å². The van der Waals surface area contributed by atoms with Gasteiger partial charge in [-0.25, -0.2) is 8.42 Å². The van der Waals surface area contributed by atoms with Crippen LogP contribution in [0.5, 0.6) is 0 Å². The van der Waals surface area contributed by atoms with Gasteiger partial charge in [0.05, 0.1) is 17.2 Å². The largest absolute Gasteiger partial charge is 0.383 e. The molecule has 0 heterocycles. The molecule has 140 valence electrons. The molecule has 0 aliphatic rings. The molecular formula is C18H21ClN2O4S. The molecule has 0 fully saturated rings. The summed E-state index contributed by atoms with van der Waals surface area (Å²) in [5.74, 6) is -0.436. The van der Waals surface area contributed by atoms with Crippen LogP contribution in [-0.2, 0) is 19.6 Å². The van der Waals surface area contributed by atoms with Crippen LogP contribution in [0.4, 0.5) is 5.69 Å². The predicted molar refractivity (Wildman–Crippen MR) is 102 cm³/mol. The molecule has 1 amide bonds. The number of rotatable bonds is 8. The summed E-state index contributed by atoms with van der Waals surface area (Å²) in [4.78, 5) is 12.5. The lowest BCUT2D eigenvalue weighted by Crippen LogP contribution is -2.44. The Morgan fingerprint density at radius 3 is 2.50 bits per heavy atom. The molecule has 1 atom stereocenters. The number of amides is 1. The van der Waals surface area contributed by atoms with Gasteiger partial charge in [0.15, 0.2) is 0 Å². The average molecular weight is 397 g/mol. The number of nitrogens with zero attached hydrogens (tertiary/aromatic N) is 1. The fourth-order valence-corrected chi connectivity index (χ4v) is 4.03. The second-order valence-electron chi connectivity index (χ2n) is 5.73. The van der Waals surface area contributed by atoms with Crippen LogP contribution in [0.25, 0.3) is 0 Å². The molecule has 0 saturated heterocycles.